The molecule has 1 N–H and O–H groups in total. The highest BCUT2D eigenvalue weighted by Gasteiger charge is 2.19. The molecule has 0 radical (unpaired) electrons. The van der Waals surface area contributed by atoms with E-state index in [-0.39, 0.29) is 11.9 Å². The number of benzene rings is 2. The lowest BCUT2D eigenvalue weighted by molar-refractivity contribution is 0.0935. The predicted molar refractivity (Wildman–Crippen MR) is 104 cm³/mol. The van der Waals surface area contributed by atoms with Crippen LogP contribution < -0.4 is 14.8 Å². The van der Waals surface area contributed by atoms with Crippen molar-refractivity contribution in [2.24, 2.45) is 0 Å². The predicted octanol–water partition coefficient (Wildman–Crippen LogP) is 3.52. The van der Waals surface area contributed by atoms with Crippen LogP contribution in [0.3, 0.4) is 0 Å². The molecular formula is C21H28N2O3. The molecule has 1 amide bonds. The van der Waals surface area contributed by atoms with E-state index in [1.54, 1.807) is 38.5 Å². The van der Waals surface area contributed by atoms with Crippen LogP contribution >= 0.6 is 0 Å². The van der Waals surface area contributed by atoms with Crippen molar-refractivity contribution in [3.8, 4) is 11.5 Å². The van der Waals surface area contributed by atoms with Crippen LogP contribution in [0.25, 0.3) is 0 Å². The van der Waals surface area contributed by atoms with E-state index in [1.807, 2.05) is 18.2 Å². The molecule has 2 aromatic rings. The summed E-state index contributed by atoms with van der Waals surface area (Å²) >= 11 is 0. The molecule has 0 saturated carbocycles. The minimum Gasteiger partial charge on any atom is -0.497 e. The smallest absolute Gasteiger partial charge is 0.251 e. The van der Waals surface area contributed by atoms with Crippen LogP contribution in [0.15, 0.2) is 48.5 Å². The van der Waals surface area contributed by atoms with E-state index in [9.17, 15) is 4.79 Å². The molecule has 1 atom stereocenters. The van der Waals surface area contributed by atoms with Crippen molar-refractivity contribution in [1.29, 1.82) is 0 Å². The summed E-state index contributed by atoms with van der Waals surface area (Å²) in [5, 5.41) is 3.06. The van der Waals surface area contributed by atoms with Gasteiger partial charge in [0.1, 0.15) is 11.5 Å². The van der Waals surface area contributed by atoms with Crippen LogP contribution in [0.2, 0.25) is 0 Å². The maximum atomic E-state index is 12.5. The van der Waals surface area contributed by atoms with Crippen LogP contribution in [-0.2, 0) is 0 Å². The Morgan fingerprint density at radius 2 is 1.65 bits per heavy atom. The molecule has 5 nitrogen and oxygen atoms in total. The Labute approximate surface area is 155 Å². The maximum absolute atomic E-state index is 12.5. The van der Waals surface area contributed by atoms with Crippen molar-refractivity contribution in [2.75, 3.05) is 33.9 Å². The van der Waals surface area contributed by atoms with Gasteiger partial charge in [-0.15, -0.1) is 0 Å². The first-order valence-corrected chi connectivity index (χ1v) is 8.93. The van der Waals surface area contributed by atoms with E-state index in [0.29, 0.717) is 12.1 Å². The first-order valence-electron chi connectivity index (χ1n) is 8.93. The quantitative estimate of drug-likeness (QED) is 0.747. The fourth-order valence-electron chi connectivity index (χ4n) is 3.00. The number of carbonyl (C=O) groups excluding carboxylic acids is 1. The molecule has 0 fully saturated rings. The highest BCUT2D eigenvalue weighted by atomic mass is 16.5. The van der Waals surface area contributed by atoms with E-state index < -0.39 is 0 Å². The first kappa shape index (κ1) is 19.8. The van der Waals surface area contributed by atoms with Crippen LogP contribution in [0.5, 0.6) is 11.5 Å². The summed E-state index contributed by atoms with van der Waals surface area (Å²) in [5.74, 6) is 1.47. The molecule has 0 bridgehead atoms. The fourth-order valence-corrected chi connectivity index (χ4v) is 3.00. The van der Waals surface area contributed by atoms with Gasteiger partial charge >= 0.3 is 0 Å². The van der Waals surface area contributed by atoms with Crippen molar-refractivity contribution >= 4 is 5.91 Å². The molecule has 0 saturated heterocycles. The van der Waals surface area contributed by atoms with Crippen molar-refractivity contribution in [2.45, 2.75) is 19.9 Å². The Morgan fingerprint density at radius 3 is 2.23 bits per heavy atom. The van der Waals surface area contributed by atoms with Gasteiger partial charge in [0.25, 0.3) is 5.91 Å². The molecule has 0 aliphatic heterocycles. The highest BCUT2D eigenvalue weighted by Crippen LogP contribution is 2.24. The lowest BCUT2D eigenvalue weighted by Crippen LogP contribution is -2.38. The topological polar surface area (TPSA) is 50.8 Å². The van der Waals surface area contributed by atoms with Gasteiger partial charge in [-0.05, 0) is 55.1 Å². The standard InChI is InChI=1S/C21H28N2O3/c1-5-23(6-2)20(17-8-7-9-19(14-17)26-4)15-22-21(24)16-10-12-18(25-3)13-11-16/h7-14,20H,5-6,15H2,1-4H3,(H,22,24). The molecule has 0 heterocycles. The van der Waals surface area contributed by atoms with Crippen LogP contribution in [0.1, 0.15) is 35.8 Å². The van der Waals surface area contributed by atoms with Crippen molar-refractivity contribution < 1.29 is 14.3 Å². The highest BCUT2D eigenvalue weighted by molar-refractivity contribution is 5.94. The number of hydrogen-bond donors (Lipinski definition) is 1. The second-order valence-corrected chi connectivity index (χ2v) is 5.95. The van der Waals surface area contributed by atoms with Gasteiger partial charge in [-0.3, -0.25) is 9.69 Å². The average Bonchev–Trinajstić information content (AvgIpc) is 2.71. The Balaban J connectivity index is 2.14. The fraction of sp³-hybridized carbons (Fsp3) is 0.381. The van der Waals surface area contributed by atoms with E-state index >= 15 is 0 Å². The number of rotatable bonds is 9. The van der Waals surface area contributed by atoms with E-state index in [4.69, 9.17) is 9.47 Å². The number of ether oxygens (including phenoxy) is 2. The minimum absolute atomic E-state index is 0.0855. The monoisotopic (exact) mass is 356 g/mol. The number of carbonyl (C=O) groups is 1. The molecule has 26 heavy (non-hydrogen) atoms. The molecule has 140 valence electrons. The summed E-state index contributed by atoms with van der Waals surface area (Å²) in [6, 6.07) is 15.2. The molecule has 1 unspecified atom stereocenters. The third-order valence-electron chi connectivity index (χ3n) is 4.54. The van der Waals surface area contributed by atoms with Gasteiger partial charge in [0, 0.05) is 12.1 Å². The van der Waals surface area contributed by atoms with E-state index in [1.165, 1.54) is 0 Å². The van der Waals surface area contributed by atoms with Crippen LogP contribution in [0, 0.1) is 0 Å². The molecule has 5 heteroatoms. The first-order chi connectivity index (χ1) is 12.6. The summed E-state index contributed by atoms with van der Waals surface area (Å²) in [6.07, 6.45) is 0. The lowest BCUT2D eigenvalue weighted by Gasteiger charge is -2.30. The zero-order chi connectivity index (χ0) is 18.9. The normalized spacial score (nSPS) is 11.9. The molecule has 2 rings (SSSR count). The van der Waals surface area contributed by atoms with Gasteiger partial charge in [-0.25, -0.2) is 0 Å². The zero-order valence-corrected chi connectivity index (χ0v) is 16.0. The molecule has 0 aliphatic carbocycles. The third-order valence-corrected chi connectivity index (χ3v) is 4.54. The number of nitrogens with zero attached hydrogens (tertiary/aromatic N) is 1. The Kier molecular flexibility index (Phi) is 7.48. The largest absolute Gasteiger partial charge is 0.497 e. The van der Waals surface area contributed by atoms with E-state index in [0.717, 1.165) is 30.2 Å². The summed E-state index contributed by atoms with van der Waals surface area (Å²) in [4.78, 5) is 14.8. The van der Waals surface area contributed by atoms with Gasteiger partial charge in [0.15, 0.2) is 0 Å². The number of amides is 1. The summed E-state index contributed by atoms with van der Waals surface area (Å²) < 4.78 is 10.5. The summed E-state index contributed by atoms with van der Waals surface area (Å²) in [5.41, 5.74) is 1.75. The molecular weight excluding hydrogens is 328 g/mol. The second kappa shape index (κ2) is 9.82. The van der Waals surface area contributed by atoms with Crippen molar-refractivity contribution in [3.05, 3.63) is 59.7 Å². The van der Waals surface area contributed by atoms with Gasteiger partial charge in [0.2, 0.25) is 0 Å². The second-order valence-electron chi connectivity index (χ2n) is 5.95. The molecule has 0 aromatic heterocycles. The zero-order valence-electron chi connectivity index (χ0n) is 16.0. The third kappa shape index (κ3) is 4.99. The van der Waals surface area contributed by atoms with Gasteiger partial charge in [0.05, 0.1) is 20.3 Å². The average molecular weight is 356 g/mol. The Bertz CT molecular complexity index is 697. The number of hydrogen-bond acceptors (Lipinski definition) is 4. The lowest BCUT2D eigenvalue weighted by atomic mass is 10.0. The van der Waals surface area contributed by atoms with Crippen molar-refractivity contribution in [3.63, 3.8) is 0 Å². The molecule has 0 aliphatic rings. The van der Waals surface area contributed by atoms with Gasteiger partial charge in [-0.1, -0.05) is 26.0 Å². The number of methoxy groups -OCH3 is 2. The van der Waals surface area contributed by atoms with Crippen molar-refractivity contribution in [1.82, 2.24) is 10.2 Å². The van der Waals surface area contributed by atoms with Gasteiger partial charge in [-0.2, -0.15) is 0 Å². The molecule has 2 aromatic carbocycles. The summed E-state index contributed by atoms with van der Waals surface area (Å²) in [7, 11) is 3.27. The Morgan fingerprint density at radius 1 is 1.00 bits per heavy atom. The maximum Gasteiger partial charge on any atom is 0.251 e. The summed E-state index contributed by atoms with van der Waals surface area (Å²) in [6.45, 7) is 6.58. The number of nitrogens with one attached hydrogen (secondary N) is 1. The SMILES string of the molecule is CCN(CC)C(CNC(=O)c1ccc(OC)cc1)c1cccc(OC)c1. The van der Waals surface area contributed by atoms with E-state index in [2.05, 4.69) is 30.1 Å². The Hall–Kier alpha value is -2.53. The number of likely N-dealkylation sites (N-methyl/N-ethyl adjacent to an activating group) is 1. The van der Waals surface area contributed by atoms with Crippen LogP contribution in [0.4, 0.5) is 0 Å². The molecule has 0 spiro atoms. The van der Waals surface area contributed by atoms with Gasteiger partial charge < -0.3 is 14.8 Å². The van der Waals surface area contributed by atoms with Crippen LogP contribution in [-0.4, -0.2) is 44.7 Å². The minimum atomic E-state index is -0.0901.